The standard InChI is InChI=1S/C14H12Br2N2O/c1-8-2-3-9(6-12(8)17)14(19)18-13-7-10(15)4-5-11(13)16/h2-7H,17H2,1H3,(H,18,19). The van der Waals surface area contributed by atoms with Gasteiger partial charge in [-0.05, 0) is 58.7 Å². The molecule has 0 aliphatic heterocycles. The van der Waals surface area contributed by atoms with Gasteiger partial charge in [-0.2, -0.15) is 0 Å². The molecule has 0 aromatic heterocycles. The maximum absolute atomic E-state index is 12.1. The third-order valence-corrected chi connectivity index (χ3v) is 3.90. The van der Waals surface area contributed by atoms with Gasteiger partial charge in [-0.3, -0.25) is 4.79 Å². The van der Waals surface area contributed by atoms with Crippen LogP contribution >= 0.6 is 31.9 Å². The minimum absolute atomic E-state index is 0.189. The van der Waals surface area contributed by atoms with Crippen LogP contribution in [0.1, 0.15) is 15.9 Å². The molecule has 0 atom stereocenters. The predicted molar refractivity (Wildman–Crippen MR) is 85.4 cm³/mol. The summed E-state index contributed by atoms with van der Waals surface area (Å²) in [7, 11) is 0. The zero-order chi connectivity index (χ0) is 14.0. The Morgan fingerprint density at radius 2 is 1.89 bits per heavy atom. The SMILES string of the molecule is Cc1ccc(C(=O)Nc2cc(Br)ccc2Br)cc1N. The summed E-state index contributed by atoms with van der Waals surface area (Å²) < 4.78 is 1.72. The van der Waals surface area contributed by atoms with Gasteiger partial charge in [-0.25, -0.2) is 0 Å². The van der Waals surface area contributed by atoms with Gasteiger partial charge in [0.25, 0.3) is 5.91 Å². The van der Waals surface area contributed by atoms with Gasteiger partial charge in [0.1, 0.15) is 0 Å². The highest BCUT2D eigenvalue weighted by molar-refractivity contribution is 9.11. The summed E-state index contributed by atoms with van der Waals surface area (Å²) in [5.41, 5.74) is 8.62. The molecule has 2 aromatic carbocycles. The van der Waals surface area contributed by atoms with Crippen LogP contribution in [0, 0.1) is 6.92 Å². The van der Waals surface area contributed by atoms with E-state index >= 15 is 0 Å². The van der Waals surface area contributed by atoms with E-state index in [-0.39, 0.29) is 5.91 Å². The van der Waals surface area contributed by atoms with Gasteiger partial charge < -0.3 is 11.1 Å². The molecule has 0 unspecified atom stereocenters. The zero-order valence-corrected chi connectivity index (χ0v) is 13.4. The first kappa shape index (κ1) is 14.1. The number of rotatable bonds is 2. The van der Waals surface area contributed by atoms with E-state index in [1.54, 1.807) is 12.1 Å². The lowest BCUT2D eigenvalue weighted by Gasteiger charge is -2.09. The Balaban J connectivity index is 2.25. The minimum Gasteiger partial charge on any atom is -0.398 e. The molecule has 1 amide bonds. The van der Waals surface area contributed by atoms with Crippen LogP contribution in [0.2, 0.25) is 0 Å². The van der Waals surface area contributed by atoms with Crippen molar-refractivity contribution in [1.82, 2.24) is 0 Å². The highest BCUT2D eigenvalue weighted by Crippen LogP contribution is 2.26. The molecule has 0 aliphatic carbocycles. The first-order valence-corrected chi connectivity index (χ1v) is 7.18. The van der Waals surface area contributed by atoms with E-state index in [0.29, 0.717) is 16.9 Å². The number of hydrogen-bond donors (Lipinski definition) is 2. The van der Waals surface area contributed by atoms with Crippen molar-refractivity contribution in [3.63, 3.8) is 0 Å². The Hall–Kier alpha value is -1.33. The molecule has 5 heteroatoms. The Kier molecular flexibility index (Phi) is 4.27. The summed E-state index contributed by atoms with van der Waals surface area (Å²) in [4.78, 5) is 12.1. The molecule has 0 saturated carbocycles. The molecule has 19 heavy (non-hydrogen) atoms. The molecular weight excluding hydrogens is 372 g/mol. The van der Waals surface area contributed by atoms with Gasteiger partial charge in [0.05, 0.1) is 5.69 Å². The van der Waals surface area contributed by atoms with Crippen LogP contribution < -0.4 is 11.1 Å². The van der Waals surface area contributed by atoms with E-state index in [0.717, 1.165) is 14.5 Å². The number of benzene rings is 2. The van der Waals surface area contributed by atoms with Crippen LogP contribution in [0.5, 0.6) is 0 Å². The lowest BCUT2D eigenvalue weighted by atomic mass is 10.1. The molecule has 0 saturated heterocycles. The van der Waals surface area contributed by atoms with Crippen molar-refractivity contribution in [2.24, 2.45) is 0 Å². The molecule has 0 fully saturated rings. The van der Waals surface area contributed by atoms with Crippen molar-refractivity contribution < 1.29 is 4.79 Å². The van der Waals surface area contributed by atoms with Gasteiger partial charge in [0.15, 0.2) is 0 Å². The Morgan fingerprint density at radius 1 is 1.16 bits per heavy atom. The summed E-state index contributed by atoms with van der Waals surface area (Å²) in [6.45, 7) is 1.90. The molecule has 0 spiro atoms. The fourth-order valence-electron chi connectivity index (χ4n) is 1.57. The first-order chi connectivity index (χ1) is 8.97. The van der Waals surface area contributed by atoms with Gasteiger partial charge in [0.2, 0.25) is 0 Å². The molecule has 0 radical (unpaired) electrons. The fraction of sp³-hybridized carbons (Fsp3) is 0.0714. The lowest BCUT2D eigenvalue weighted by molar-refractivity contribution is 0.102. The van der Waals surface area contributed by atoms with Gasteiger partial charge >= 0.3 is 0 Å². The summed E-state index contributed by atoms with van der Waals surface area (Å²) >= 11 is 6.77. The molecule has 0 bridgehead atoms. The second-order valence-corrected chi connectivity index (χ2v) is 5.92. The molecule has 2 aromatic rings. The van der Waals surface area contributed by atoms with Crippen molar-refractivity contribution in [2.75, 3.05) is 11.1 Å². The van der Waals surface area contributed by atoms with E-state index < -0.39 is 0 Å². The third-order valence-electron chi connectivity index (χ3n) is 2.72. The predicted octanol–water partition coefficient (Wildman–Crippen LogP) is 4.35. The zero-order valence-electron chi connectivity index (χ0n) is 10.2. The number of amides is 1. The third kappa shape index (κ3) is 3.36. The van der Waals surface area contributed by atoms with E-state index in [1.165, 1.54) is 0 Å². The number of nitrogens with two attached hydrogens (primary N) is 1. The summed E-state index contributed by atoms with van der Waals surface area (Å²) in [6, 6.07) is 10.9. The monoisotopic (exact) mass is 382 g/mol. The Labute approximate surface area is 128 Å². The Bertz CT molecular complexity index is 641. The first-order valence-electron chi connectivity index (χ1n) is 5.60. The van der Waals surface area contributed by atoms with Crippen LogP contribution in [-0.2, 0) is 0 Å². The van der Waals surface area contributed by atoms with Crippen molar-refractivity contribution in [2.45, 2.75) is 6.92 Å². The van der Waals surface area contributed by atoms with E-state index in [2.05, 4.69) is 37.2 Å². The second-order valence-electron chi connectivity index (χ2n) is 4.15. The number of hydrogen-bond acceptors (Lipinski definition) is 2. The number of halogens is 2. The van der Waals surface area contributed by atoms with Crippen LogP contribution in [-0.4, -0.2) is 5.91 Å². The number of carbonyl (C=O) groups is 1. The molecular formula is C14H12Br2N2O. The van der Waals surface area contributed by atoms with Crippen molar-refractivity contribution in [1.29, 1.82) is 0 Å². The van der Waals surface area contributed by atoms with Crippen molar-refractivity contribution >= 4 is 49.1 Å². The summed E-state index contributed by atoms with van der Waals surface area (Å²) in [6.07, 6.45) is 0. The number of nitrogens with one attached hydrogen (secondary N) is 1. The Morgan fingerprint density at radius 3 is 2.58 bits per heavy atom. The lowest BCUT2D eigenvalue weighted by Crippen LogP contribution is -2.12. The molecule has 3 nitrogen and oxygen atoms in total. The van der Waals surface area contributed by atoms with Crippen molar-refractivity contribution in [3.05, 3.63) is 56.5 Å². The maximum atomic E-state index is 12.1. The largest absolute Gasteiger partial charge is 0.398 e. The van der Waals surface area contributed by atoms with Crippen molar-refractivity contribution in [3.8, 4) is 0 Å². The fourth-order valence-corrected chi connectivity index (χ4v) is 2.28. The van der Waals surface area contributed by atoms with Crippen LogP contribution in [0.25, 0.3) is 0 Å². The summed E-state index contributed by atoms with van der Waals surface area (Å²) in [5.74, 6) is -0.189. The molecule has 0 heterocycles. The highest BCUT2D eigenvalue weighted by atomic mass is 79.9. The van der Waals surface area contributed by atoms with Crippen LogP contribution in [0.4, 0.5) is 11.4 Å². The van der Waals surface area contributed by atoms with Crippen LogP contribution in [0.15, 0.2) is 45.3 Å². The normalized spacial score (nSPS) is 10.3. The smallest absolute Gasteiger partial charge is 0.255 e. The topological polar surface area (TPSA) is 55.1 Å². The number of carbonyl (C=O) groups excluding carboxylic acids is 1. The molecule has 2 rings (SSSR count). The highest BCUT2D eigenvalue weighted by Gasteiger charge is 2.09. The van der Waals surface area contributed by atoms with Gasteiger partial charge in [0, 0.05) is 20.2 Å². The van der Waals surface area contributed by atoms with E-state index in [4.69, 9.17) is 5.73 Å². The minimum atomic E-state index is -0.189. The maximum Gasteiger partial charge on any atom is 0.255 e. The summed E-state index contributed by atoms with van der Waals surface area (Å²) in [5, 5.41) is 2.84. The molecule has 0 aliphatic rings. The quantitative estimate of drug-likeness (QED) is 0.757. The van der Waals surface area contributed by atoms with Gasteiger partial charge in [-0.15, -0.1) is 0 Å². The number of aryl methyl sites for hydroxylation is 1. The molecule has 98 valence electrons. The van der Waals surface area contributed by atoms with E-state index in [1.807, 2.05) is 31.2 Å². The van der Waals surface area contributed by atoms with Crippen LogP contribution in [0.3, 0.4) is 0 Å². The van der Waals surface area contributed by atoms with Gasteiger partial charge in [-0.1, -0.05) is 22.0 Å². The average molecular weight is 384 g/mol. The number of anilines is 2. The van der Waals surface area contributed by atoms with E-state index in [9.17, 15) is 4.79 Å². The molecule has 3 N–H and O–H groups in total. The number of nitrogen functional groups attached to an aromatic ring is 1. The average Bonchev–Trinajstić information content (AvgIpc) is 2.37. The second kappa shape index (κ2) is 5.75.